The van der Waals surface area contributed by atoms with Crippen molar-refractivity contribution in [1.29, 1.82) is 0 Å². The quantitative estimate of drug-likeness (QED) is 0.393. The van der Waals surface area contributed by atoms with Crippen LogP contribution in [0.5, 0.6) is 0 Å². The topological polar surface area (TPSA) is 88.9 Å². The third-order valence-corrected chi connectivity index (χ3v) is 6.55. The van der Waals surface area contributed by atoms with Gasteiger partial charge in [-0.15, -0.1) is 11.3 Å². The molecule has 0 aliphatic heterocycles. The Morgan fingerprint density at radius 2 is 1.94 bits per heavy atom. The first-order valence-corrected chi connectivity index (χ1v) is 11.5. The number of aromatic nitrogens is 3. The highest BCUT2D eigenvalue weighted by molar-refractivity contribution is 7.93. The Kier molecular flexibility index (Phi) is 5.90. The van der Waals surface area contributed by atoms with Gasteiger partial charge in [0.25, 0.3) is 10.0 Å². The summed E-state index contributed by atoms with van der Waals surface area (Å²) in [6, 6.07) is 9.40. The molecule has 0 fully saturated rings. The first kappa shape index (κ1) is 21.2. The fourth-order valence-electron chi connectivity index (χ4n) is 2.69. The predicted octanol–water partition coefficient (Wildman–Crippen LogP) is 4.86. The molecule has 2 N–H and O–H groups in total. The molecule has 0 aliphatic rings. The predicted molar refractivity (Wildman–Crippen MR) is 115 cm³/mol. The lowest BCUT2D eigenvalue weighted by Crippen LogP contribution is -2.13. The summed E-state index contributed by atoms with van der Waals surface area (Å²) in [6.45, 7) is 0.159. The molecular weight excluding hydrogens is 468 g/mol. The normalized spacial score (nSPS) is 11.5. The lowest BCUT2D eigenvalue weighted by molar-refractivity contribution is 0.585. The molecule has 160 valence electrons. The van der Waals surface area contributed by atoms with Crippen molar-refractivity contribution < 1.29 is 17.2 Å². The van der Waals surface area contributed by atoms with Gasteiger partial charge in [-0.1, -0.05) is 17.7 Å². The minimum atomic E-state index is -3.97. The molecule has 0 saturated carbocycles. The van der Waals surface area contributed by atoms with Gasteiger partial charge in [0.2, 0.25) is 0 Å². The van der Waals surface area contributed by atoms with Gasteiger partial charge in [0.15, 0.2) is 10.9 Å². The molecule has 2 aromatic heterocycles. The van der Waals surface area contributed by atoms with Crippen molar-refractivity contribution in [3.8, 4) is 0 Å². The Bertz CT molecular complexity index is 1330. The van der Waals surface area contributed by atoms with E-state index in [0.29, 0.717) is 16.4 Å². The van der Waals surface area contributed by atoms with Gasteiger partial charge in [0.1, 0.15) is 11.6 Å². The second-order valence-electron chi connectivity index (χ2n) is 6.34. The Morgan fingerprint density at radius 1 is 1.10 bits per heavy atom. The second kappa shape index (κ2) is 8.61. The van der Waals surface area contributed by atoms with Crippen molar-refractivity contribution in [2.45, 2.75) is 11.4 Å². The van der Waals surface area contributed by atoms with Crippen LogP contribution in [-0.4, -0.2) is 23.2 Å². The van der Waals surface area contributed by atoms with Crippen molar-refractivity contribution in [2.75, 3.05) is 10.0 Å². The molecule has 0 bridgehead atoms. The molecular formula is C19H14ClF2N5O2S2. The highest BCUT2D eigenvalue weighted by atomic mass is 35.5. The van der Waals surface area contributed by atoms with Crippen molar-refractivity contribution in [1.82, 2.24) is 14.8 Å². The molecule has 0 amide bonds. The van der Waals surface area contributed by atoms with Crippen LogP contribution in [-0.2, 0) is 16.6 Å². The number of nitrogens with zero attached hydrogens (tertiary/aromatic N) is 3. The smallest absolute Gasteiger partial charge is 0.263 e. The average molecular weight is 482 g/mol. The fraction of sp³-hybridized carbons (Fsp3) is 0.0526. The highest BCUT2D eigenvalue weighted by Crippen LogP contribution is 2.24. The molecule has 7 nitrogen and oxygen atoms in total. The van der Waals surface area contributed by atoms with Crippen LogP contribution in [0.15, 0.2) is 65.1 Å². The summed E-state index contributed by atoms with van der Waals surface area (Å²) in [5.74, 6) is -0.920. The molecule has 12 heteroatoms. The number of hydrogen-bond donors (Lipinski definition) is 2. The first-order valence-electron chi connectivity index (χ1n) is 8.76. The van der Waals surface area contributed by atoms with Crippen LogP contribution in [0.1, 0.15) is 5.56 Å². The number of hydrogen-bond acceptors (Lipinski definition) is 6. The summed E-state index contributed by atoms with van der Waals surface area (Å²) in [5.41, 5.74) is 0.434. The van der Waals surface area contributed by atoms with Crippen LogP contribution in [0.25, 0.3) is 0 Å². The molecule has 0 saturated heterocycles. The molecule has 2 heterocycles. The molecule has 0 atom stereocenters. The van der Waals surface area contributed by atoms with E-state index in [1.165, 1.54) is 29.1 Å². The number of thiazole rings is 1. The van der Waals surface area contributed by atoms with Crippen LogP contribution < -0.4 is 10.0 Å². The van der Waals surface area contributed by atoms with Gasteiger partial charge < -0.3 is 5.32 Å². The number of sulfonamides is 1. The molecule has 0 spiro atoms. The lowest BCUT2D eigenvalue weighted by Gasteiger charge is -2.09. The van der Waals surface area contributed by atoms with Gasteiger partial charge in [0.05, 0.1) is 17.1 Å². The summed E-state index contributed by atoms with van der Waals surface area (Å²) in [6.07, 6.45) is 3.06. The molecule has 0 aliphatic carbocycles. The lowest BCUT2D eigenvalue weighted by atomic mass is 10.2. The van der Waals surface area contributed by atoms with Gasteiger partial charge in [-0.2, -0.15) is 5.10 Å². The summed E-state index contributed by atoms with van der Waals surface area (Å²) in [5, 5.41) is 9.11. The van der Waals surface area contributed by atoms with E-state index in [9.17, 15) is 17.2 Å². The fourth-order valence-corrected chi connectivity index (χ4v) is 4.65. The van der Waals surface area contributed by atoms with Gasteiger partial charge in [-0.05, 0) is 30.3 Å². The standard InChI is InChI=1S/C19H14ClF2N5O2S2/c20-13-2-1-12(15(21)9-13)11-27-7-5-18(25-27)24-17-4-3-14(10-16(17)22)31(28,29)26-19-23-6-8-30-19/h1-10H,11H2,(H,23,26)(H,24,25). The summed E-state index contributed by atoms with van der Waals surface area (Å²) in [7, 11) is -3.97. The largest absolute Gasteiger partial charge is 0.336 e. The van der Waals surface area contributed by atoms with Crippen molar-refractivity contribution in [2.24, 2.45) is 0 Å². The Morgan fingerprint density at radius 3 is 2.65 bits per heavy atom. The molecule has 4 aromatic rings. The van der Waals surface area contributed by atoms with Crippen LogP contribution in [0.4, 0.5) is 25.4 Å². The maximum atomic E-state index is 14.5. The van der Waals surface area contributed by atoms with Crippen molar-refractivity contribution in [3.05, 3.63) is 82.5 Å². The Balaban J connectivity index is 1.47. The van der Waals surface area contributed by atoms with Gasteiger partial charge in [0, 0.05) is 34.4 Å². The Labute approximate surface area is 185 Å². The zero-order valence-electron chi connectivity index (χ0n) is 15.6. The highest BCUT2D eigenvalue weighted by Gasteiger charge is 2.18. The maximum Gasteiger partial charge on any atom is 0.263 e. The number of rotatable bonds is 7. The summed E-state index contributed by atoms with van der Waals surface area (Å²) in [4.78, 5) is 3.61. The van der Waals surface area contributed by atoms with Crippen molar-refractivity contribution >= 4 is 49.6 Å². The third kappa shape index (κ3) is 5.01. The van der Waals surface area contributed by atoms with Crippen LogP contribution in [0.3, 0.4) is 0 Å². The molecule has 0 radical (unpaired) electrons. The molecule has 0 unspecified atom stereocenters. The van der Waals surface area contributed by atoms with Crippen molar-refractivity contribution in [3.63, 3.8) is 0 Å². The number of anilines is 3. The van der Waals surface area contributed by atoms with E-state index >= 15 is 0 Å². The monoisotopic (exact) mass is 481 g/mol. The van der Waals surface area contributed by atoms with E-state index in [1.807, 2.05) is 0 Å². The van der Waals surface area contributed by atoms with E-state index in [4.69, 9.17) is 11.6 Å². The summed E-state index contributed by atoms with van der Waals surface area (Å²) < 4.78 is 57.0. The molecule has 31 heavy (non-hydrogen) atoms. The number of nitrogens with one attached hydrogen (secondary N) is 2. The van der Waals surface area contributed by atoms with E-state index in [2.05, 4.69) is 20.1 Å². The van der Waals surface area contributed by atoms with Crippen LogP contribution in [0, 0.1) is 11.6 Å². The average Bonchev–Trinajstić information content (AvgIpc) is 3.37. The zero-order valence-corrected chi connectivity index (χ0v) is 18.0. The maximum absolute atomic E-state index is 14.5. The zero-order chi connectivity index (χ0) is 22.0. The van der Waals surface area contributed by atoms with Gasteiger partial charge >= 0.3 is 0 Å². The van der Waals surface area contributed by atoms with Gasteiger partial charge in [-0.25, -0.2) is 22.2 Å². The van der Waals surface area contributed by atoms with E-state index in [1.54, 1.807) is 29.8 Å². The molecule has 4 rings (SSSR count). The van der Waals surface area contributed by atoms with Gasteiger partial charge in [-0.3, -0.25) is 9.40 Å². The summed E-state index contributed by atoms with van der Waals surface area (Å²) >= 11 is 6.86. The first-order chi connectivity index (χ1) is 14.8. The van der Waals surface area contributed by atoms with E-state index in [-0.39, 0.29) is 22.3 Å². The SMILES string of the molecule is O=S(=O)(Nc1nccs1)c1ccc(Nc2ccn(Cc3ccc(Cl)cc3F)n2)c(F)c1. The van der Waals surface area contributed by atoms with Crippen LogP contribution >= 0.6 is 22.9 Å². The number of benzene rings is 2. The minimum Gasteiger partial charge on any atom is -0.336 e. The van der Waals surface area contributed by atoms with E-state index in [0.717, 1.165) is 17.4 Å². The second-order valence-corrected chi connectivity index (χ2v) is 9.36. The number of halogens is 3. The van der Waals surface area contributed by atoms with Crippen LogP contribution in [0.2, 0.25) is 5.02 Å². The Hall–Kier alpha value is -3.02. The molecule has 2 aromatic carbocycles. The third-order valence-electron chi connectivity index (χ3n) is 4.16. The van der Waals surface area contributed by atoms with E-state index < -0.39 is 21.7 Å². The minimum absolute atomic E-state index is 0.0381.